The summed E-state index contributed by atoms with van der Waals surface area (Å²) in [6, 6.07) is -0.0839. The van der Waals surface area contributed by atoms with Crippen LogP contribution in [0.25, 0.3) is 0 Å². The average molecular weight is 238 g/mol. The van der Waals surface area contributed by atoms with Crippen LogP contribution in [0.2, 0.25) is 0 Å². The Morgan fingerprint density at radius 1 is 1.35 bits per heavy atom. The zero-order valence-corrected chi connectivity index (χ0v) is 10.6. The lowest BCUT2D eigenvalue weighted by molar-refractivity contribution is -0.133. The minimum Gasteiger partial charge on any atom is -0.391 e. The molecule has 1 fully saturated rings. The van der Waals surface area contributed by atoms with Crippen LogP contribution in [0.5, 0.6) is 0 Å². The number of carbonyl (C=O) groups is 1. The molecule has 0 saturated heterocycles. The molecule has 1 N–H and O–H groups in total. The lowest BCUT2D eigenvalue weighted by atomic mass is 10.1. The first-order chi connectivity index (χ1) is 8.22. The number of hydrazone groups is 1. The van der Waals surface area contributed by atoms with Crippen molar-refractivity contribution in [2.45, 2.75) is 70.4 Å². The Labute approximate surface area is 103 Å². The minimum atomic E-state index is -0.397. The van der Waals surface area contributed by atoms with Gasteiger partial charge in [0.2, 0.25) is 5.91 Å². The summed E-state index contributed by atoms with van der Waals surface area (Å²) in [5.74, 6) is 0.0689. The summed E-state index contributed by atoms with van der Waals surface area (Å²) in [5.41, 5.74) is 0.981. The van der Waals surface area contributed by atoms with Gasteiger partial charge in [-0.15, -0.1) is 0 Å². The van der Waals surface area contributed by atoms with E-state index in [1.165, 1.54) is 0 Å². The molecule has 0 radical (unpaired) electrons. The largest absolute Gasteiger partial charge is 0.391 e. The minimum absolute atomic E-state index is 0.0689. The summed E-state index contributed by atoms with van der Waals surface area (Å²) in [6.45, 7) is 2.09. The van der Waals surface area contributed by atoms with E-state index < -0.39 is 6.10 Å². The van der Waals surface area contributed by atoms with Crippen molar-refractivity contribution in [1.82, 2.24) is 5.01 Å². The third-order valence-electron chi connectivity index (χ3n) is 3.66. The molecule has 1 aliphatic carbocycles. The quantitative estimate of drug-likeness (QED) is 0.765. The molecule has 1 saturated carbocycles. The number of hydrogen-bond acceptors (Lipinski definition) is 3. The number of carbonyl (C=O) groups excluding carboxylic acids is 1. The molecule has 1 amide bonds. The Balaban J connectivity index is 2.06. The van der Waals surface area contributed by atoms with Crippen LogP contribution in [0.1, 0.15) is 58.3 Å². The van der Waals surface area contributed by atoms with Crippen LogP contribution >= 0.6 is 0 Å². The fraction of sp³-hybridized carbons (Fsp3) is 0.846. The highest BCUT2D eigenvalue weighted by atomic mass is 16.3. The van der Waals surface area contributed by atoms with E-state index in [0.717, 1.165) is 50.7 Å². The molecule has 1 aliphatic heterocycles. The van der Waals surface area contributed by atoms with Gasteiger partial charge < -0.3 is 5.11 Å². The molecule has 4 nitrogen and oxygen atoms in total. The fourth-order valence-electron chi connectivity index (χ4n) is 2.74. The van der Waals surface area contributed by atoms with Crippen molar-refractivity contribution in [1.29, 1.82) is 0 Å². The lowest BCUT2D eigenvalue weighted by Crippen LogP contribution is -2.41. The van der Waals surface area contributed by atoms with E-state index in [9.17, 15) is 9.90 Å². The van der Waals surface area contributed by atoms with Crippen LogP contribution in [-0.2, 0) is 4.79 Å². The van der Waals surface area contributed by atoms with Gasteiger partial charge in [0, 0.05) is 5.71 Å². The van der Waals surface area contributed by atoms with Gasteiger partial charge in [0.05, 0.1) is 18.6 Å². The summed E-state index contributed by atoms with van der Waals surface area (Å²) in [7, 11) is 0. The van der Waals surface area contributed by atoms with E-state index in [1.54, 1.807) is 5.01 Å². The molecule has 2 atom stereocenters. The van der Waals surface area contributed by atoms with Crippen LogP contribution in [0.15, 0.2) is 5.10 Å². The van der Waals surface area contributed by atoms with E-state index in [4.69, 9.17) is 0 Å². The second-order valence-electron chi connectivity index (χ2n) is 5.10. The predicted octanol–water partition coefficient (Wildman–Crippen LogP) is 2.07. The molecule has 0 aromatic rings. The molecule has 1 heterocycles. The molecule has 0 aromatic heterocycles. The molecule has 0 aromatic carbocycles. The van der Waals surface area contributed by atoms with Crippen LogP contribution in [0, 0.1) is 0 Å². The second kappa shape index (κ2) is 5.63. The maximum Gasteiger partial charge on any atom is 0.248 e. The molecule has 2 unspecified atom stereocenters. The third kappa shape index (κ3) is 2.86. The molecular weight excluding hydrogens is 216 g/mol. The van der Waals surface area contributed by atoms with Crippen molar-refractivity contribution in [2.24, 2.45) is 5.10 Å². The number of rotatable bonds is 3. The lowest BCUT2D eigenvalue weighted by Gasteiger charge is -2.27. The highest BCUT2D eigenvalue weighted by Crippen LogP contribution is 2.26. The average Bonchev–Trinajstić information content (AvgIpc) is 2.52. The Bertz CT molecular complexity index is 315. The van der Waals surface area contributed by atoms with E-state index >= 15 is 0 Å². The topological polar surface area (TPSA) is 52.9 Å². The Morgan fingerprint density at radius 2 is 2.12 bits per heavy atom. The number of hydrogen-bond donors (Lipinski definition) is 1. The van der Waals surface area contributed by atoms with Crippen molar-refractivity contribution in [2.75, 3.05) is 0 Å². The van der Waals surface area contributed by atoms with Gasteiger partial charge in [-0.1, -0.05) is 32.6 Å². The van der Waals surface area contributed by atoms with Gasteiger partial charge in [-0.2, -0.15) is 5.10 Å². The maximum absolute atomic E-state index is 11.9. The first kappa shape index (κ1) is 12.6. The molecule has 4 heteroatoms. The molecule has 0 bridgehead atoms. The molecule has 17 heavy (non-hydrogen) atoms. The van der Waals surface area contributed by atoms with Crippen molar-refractivity contribution in [3.63, 3.8) is 0 Å². The van der Waals surface area contributed by atoms with Crippen LogP contribution in [-0.4, -0.2) is 33.9 Å². The maximum atomic E-state index is 11.9. The standard InChI is InChI=1S/C13H22N2O2/c1-2-6-10-9-13(17)15(14-10)11-7-4-3-5-8-12(11)16/h11-12,16H,2-9H2,1H3. The van der Waals surface area contributed by atoms with Gasteiger partial charge in [-0.25, -0.2) is 5.01 Å². The highest BCUT2D eigenvalue weighted by molar-refractivity contribution is 6.05. The van der Waals surface area contributed by atoms with Crippen molar-refractivity contribution in [3.05, 3.63) is 0 Å². The first-order valence-corrected chi connectivity index (χ1v) is 6.79. The van der Waals surface area contributed by atoms with E-state index in [1.807, 2.05) is 0 Å². The molecule has 2 rings (SSSR count). The van der Waals surface area contributed by atoms with Gasteiger partial charge in [0.1, 0.15) is 0 Å². The number of aliphatic hydroxyl groups excluding tert-OH is 1. The van der Waals surface area contributed by atoms with Gasteiger partial charge in [-0.3, -0.25) is 4.79 Å². The van der Waals surface area contributed by atoms with Gasteiger partial charge in [0.15, 0.2) is 0 Å². The summed E-state index contributed by atoms with van der Waals surface area (Å²) in [6.07, 6.45) is 6.96. The Morgan fingerprint density at radius 3 is 2.88 bits per heavy atom. The number of nitrogens with zero attached hydrogens (tertiary/aromatic N) is 2. The molecular formula is C13H22N2O2. The normalized spacial score (nSPS) is 30.4. The zero-order valence-electron chi connectivity index (χ0n) is 10.6. The summed E-state index contributed by atoms with van der Waals surface area (Å²) < 4.78 is 0. The highest BCUT2D eigenvalue weighted by Gasteiger charge is 2.34. The molecule has 2 aliphatic rings. The van der Waals surface area contributed by atoms with Crippen LogP contribution < -0.4 is 0 Å². The Kier molecular flexibility index (Phi) is 4.15. The first-order valence-electron chi connectivity index (χ1n) is 6.79. The number of aliphatic hydroxyl groups is 1. The monoisotopic (exact) mass is 238 g/mol. The molecule has 96 valence electrons. The second-order valence-corrected chi connectivity index (χ2v) is 5.10. The third-order valence-corrected chi connectivity index (χ3v) is 3.66. The van der Waals surface area contributed by atoms with Crippen molar-refractivity contribution >= 4 is 11.6 Å². The van der Waals surface area contributed by atoms with Crippen molar-refractivity contribution < 1.29 is 9.90 Å². The fourth-order valence-corrected chi connectivity index (χ4v) is 2.74. The summed E-state index contributed by atoms with van der Waals surface area (Å²) in [5, 5.41) is 16.1. The summed E-state index contributed by atoms with van der Waals surface area (Å²) in [4.78, 5) is 11.9. The van der Waals surface area contributed by atoms with Gasteiger partial charge in [0.25, 0.3) is 0 Å². The van der Waals surface area contributed by atoms with Gasteiger partial charge in [-0.05, 0) is 19.3 Å². The summed E-state index contributed by atoms with van der Waals surface area (Å²) >= 11 is 0. The predicted molar refractivity (Wildman–Crippen MR) is 66.7 cm³/mol. The zero-order chi connectivity index (χ0) is 12.3. The smallest absolute Gasteiger partial charge is 0.248 e. The van der Waals surface area contributed by atoms with E-state index in [0.29, 0.717) is 6.42 Å². The van der Waals surface area contributed by atoms with E-state index in [-0.39, 0.29) is 11.9 Å². The van der Waals surface area contributed by atoms with E-state index in [2.05, 4.69) is 12.0 Å². The molecule has 0 spiro atoms. The van der Waals surface area contributed by atoms with Crippen LogP contribution in [0.3, 0.4) is 0 Å². The van der Waals surface area contributed by atoms with Gasteiger partial charge >= 0.3 is 0 Å². The van der Waals surface area contributed by atoms with Crippen molar-refractivity contribution in [3.8, 4) is 0 Å². The SMILES string of the molecule is CCCC1=NN(C2CCCCCC2O)C(=O)C1. The van der Waals surface area contributed by atoms with Crippen LogP contribution in [0.4, 0.5) is 0 Å². The number of amides is 1. The Hall–Kier alpha value is -0.900.